The summed E-state index contributed by atoms with van der Waals surface area (Å²) in [6.07, 6.45) is -3.31. The van der Waals surface area contributed by atoms with Crippen LogP contribution in [0.2, 0.25) is 0 Å². The Hall–Kier alpha value is -1.48. The highest BCUT2D eigenvalue weighted by Crippen LogP contribution is 2.15. The van der Waals surface area contributed by atoms with Crippen LogP contribution in [0.1, 0.15) is 20.8 Å². The Labute approximate surface area is 124 Å². The molecule has 0 bridgehead atoms. The molecule has 0 aliphatic rings. The molecule has 0 aliphatic carbocycles. The summed E-state index contributed by atoms with van der Waals surface area (Å²) < 4.78 is 19.2. The highest BCUT2D eigenvalue weighted by Gasteiger charge is 2.36. The van der Waals surface area contributed by atoms with Crippen LogP contribution in [0.25, 0.3) is 0 Å². The maximum absolute atomic E-state index is 11.1. The number of carbonyl (C=O) groups is 4. The Morgan fingerprint density at radius 2 is 1.60 bits per heavy atom. The van der Waals surface area contributed by atoms with Gasteiger partial charge >= 0.3 is 17.9 Å². The van der Waals surface area contributed by atoms with Crippen LogP contribution in [-0.2, 0) is 37.2 Å². The highest BCUT2D eigenvalue weighted by molar-refractivity contribution is 9.06. The summed E-state index contributed by atoms with van der Waals surface area (Å²) >= 11 is 2.61. The van der Waals surface area contributed by atoms with Gasteiger partial charge in [-0.1, -0.05) is 0 Å². The summed E-state index contributed by atoms with van der Waals surface area (Å²) in [6, 6.07) is 0. The van der Waals surface area contributed by atoms with E-state index in [0.29, 0.717) is 6.29 Å². The third-order valence-electron chi connectivity index (χ3n) is 2.00. The molecule has 0 radical (unpaired) electrons. The second-order valence-electron chi connectivity index (χ2n) is 3.71. The summed E-state index contributed by atoms with van der Waals surface area (Å²) in [5, 5.41) is 0. The molecule has 0 aromatic rings. The van der Waals surface area contributed by atoms with E-state index in [9.17, 15) is 19.2 Å². The van der Waals surface area contributed by atoms with Crippen LogP contribution < -0.4 is 0 Å². The second kappa shape index (κ2) is 9.43. The average Bonchev–Trinajstić information content (AvgIpc) is 2.33. The second-order valence-corrected chi connectivity index (χ2v) is 4.09. The SMILES string of the molecule is CC(=O)OC[C@H](OC(C)=O)[C@H](OC(C)=O)[C@H](C=O)OBr. The van der Waals surface area contributed by atoms with Gasteiger partial charge in [-0.3, -0.25) is 18.2 Å². The van der Waals surface area contributed by atoms with E-state index in [1.165, 1.54) is 0 Å². The number of esters is 3. The van der Waals surface area contributed by atoms with Gasteiger partial charge in [-0.05, 0) is 0 Å². The molecule has 0 rings (SSSR count). The third-order valence-corrected chi connectivity index (χ3v) is 2.43. The van der Waals surface area contributed by atoms with Crippen LogP contribution in [0.5, 0.6) is 0 Å². The van der Waals surface area contributed by atoms with Crippen molar-refractivity contribution in [3.05, 3.63) is 0 Å². The summed E-state index contributed by atoms with van der Waals surface area (Å²) in [4.78, 5) is 43.8. The predicted molar refractivity (Wildman–Crippen MR) is 67.6 cm³/mol. The van der Waals surface area contributed by atoms with Gasteiger partial charge in [0.1, 0.15) is 6.61 Å². The van der Waals surface area contributed by atoms with Crippen molar-refractivity contribution < 1.29 is 37.2 Å². The number of rotatable bonds is 8. The van der Waals surface area contributed by atoms with Crippen molar-refractivity contribution in [2.24, 2.45) is 0 Å². The van der Waals surface area contributed by atoms with Crippen LogP contribution in [0.3, 0.4) is 0 Å². The van der Waals surface area contributed by atoms with Crippen molar-refractivity contribution in [2.45, 2.75) is 39.1 Å². The zero-order valence-electron chi connectivity index (χ0n) is 11.2. The van der Waals surface area contributed by atoms with E-state index in [-0.39, 0.29) is 6.61 Å². The fourth-order valence-corrected chi connectivity index (χ4v) is 1.60. The molecule has 0 aromatic heterocycles. The molecule has 0 unspecified atom stereocenters. The lowest BCUT2D eigenvalue weighted by atomic mass is 10.1. The Balaban J connectivity index is 5.12. The van der Waals surface area contributed by atoms with Crippen molar-refractivity contribution in [1.82, 2.24) is 0 Å². The van der Waals surface area contributed by atoms with Crippen molar-refractivity contribution in [1.29, 1.82) is 0 Å². The Kier molecular flexibility index (Phi) is 8.73. The van der Waals surface area contributed by atoms with Gasteiger partial charge in [-0.2, -0.15) is 0 Å². The molecular weight excluding hydrogens is 340 g/mol. The lowest BCUT2D eigenvalue weighted by molar-refractivity contribution is -0.179. The van der Waals surface area contributed by atoms with Gasteiger partial charge < -0.3 is 19.0 Å². The largest absolute Gasteiger partial charge is 0.462 e. The highest BCUT2D eigenvalue weighted by atomic mass is 79.9. The van der Waals surface area contributed by atoms with E-state index in [1.54, 1.807) is 0 Å². The first-order chi connectivity index (χ1) is 9.31. The number of halogens is 1. The summed E-state index contributed by atoms with van der Waals surface area (Å²) in [5.74, 6) is -2.03. The summed E-state index contributed by atoms with van der Waals surface area (Å²) in [7, 11) is 0. The number of carbonyl (C=O) groups excluding carboxylic acids is 4. The van der Waals surface area contributed by atoms with Gasteiger partial charge in [-0.15, -0.1) is 0 Å². The first-order valence-electron chi connectivity index (χ1n) is 5.52. The molecule has 9 heteroatoms. The zero-order chi connectivity index (χ0) is 15.7. The van der Waals surface area contributed by atoms with E-state index >= 15 is 0 Å². The van der Waals surface area contributed by atoms with Crippen LogP contribution in [0.4, 0.5) is 0 Å². The fourth-order valence-electron chi connectivity index (χ4n) is 1.30. The normalized spacial score (nSPS) is 14.6. The molecule has 0 amide bonds. The first kappa shape index (κ1) is 18.5. The lowest BCUT2D eigenvalue weighted by Gasteiger charge is -2.28. The molecule has 0 saturated heterocycles. The number of hydrogen-bond acceptors (Lipinski definition) is 8. The van der Waals surface area contributed by atoms with E-state index in [2.05, 4.69) is 20.1 Å². The Bertz CT molecular complexity index is 369. The fraction of sp³-hybridized carbons (Fsp3) is 0.636. The Morgan fingerprint density at radius 1 is 1.05 bits per heavy atom. The van der Waals surface area contributed by atoms with Gasteiger partial charge in [0, 0.05) is 20.8 Å². The van der Waals surface area contributed by atoms with Crippen LogP contribution >= 0.6 is 16.3 Å². The molecular formula is C11H15BrO8. The molecule has 0 spiro atoms. The molecule has 0 N–H and O–H groups in total. The molecule has 0 aromatic carbocycles. The smallest absolute Gasteiger partial charge is 0.303 e. The average molecular weight is 355 g/mol. The first-order valence-corrected chi connectivity index (χ1v) is 6.17. The minimum absolute atomic E-state index is 0.354. The van der Waals surface area contributed by atoms with Gasteiger partial charge in [0.05, 0.1) is 16.3 Å². The van der Waals surface area contributed by atoms with Crippen molar-refractivity contribution in [2.75, 3.05) is 6.61 Å². The quantitative estimate of drug-likeness (QED) is 0.348. The minimum Gasteiger partial charge on any atom is -0.462 e. The molecule has 114 valence electrons. The molecule has 0 aliphatic heterocycles. The van der Waals surface area contributed by atoms with Crippen molar-refractivity contribution >= 4 is 40.5 Å². The molecule has 0 heterocycles. The van der Waals surface area contributed by atoms with Gasteiger partial charge in [-0.25, -0.2) is 0 Å². The van der Waals surface area contributed by atoms with Crippen molar-refractivity contribution in [3.8, 4) is 0 Å². The van der Waals surface area contributed by atoms with Gasteiger partial charge in [0.2, 0.25) is 0 Å². The predicted octanol–water partition coefficient (Wildman–Crippen LogP) is 0.307. The standard InChI is InChI=1S/C11H15BrO8/c1-6(14)17-5-10(18-7(2)15)11(19-8(3)16)9(4-13)20-12/h4,9-11H,5H2,1-3H3/t9-,10-,11+/m0/s1. The lowest BCUT2D eigenvalue weighted by Crippen LogP contribution is -2.46. The third kappa shape index (κ3) is 7.19. The van der Waals surface area contributed by atoms with Crippen LogP contribution in [-0.4, -0.2) is 49.1 Å². The topological polar surface area (TPSA) is 105 Å². The molecule has 0 fully saturated rings. The van der Waals surface area contributed by atoms with Crippen molar-refractivity contribution in [3.63, 3.8) is 0 Å². The van der Waals surface area contributed by atoms with Gasteiger partial charge in [0.25, 0.3) is 0 Å². The maximum atomic E-state index is 11.1. The van der Waals surface area contributed by atoms with Crippen LogP contribution in [0.15, 0.2) is 0 Å². The van der Waals surface area contributed by atoms with E-state index in [1.807, 2.05) is 0 Å². The molecule has 3 atom stereocenters. The summed E-state index contributed by atoms with van der Waals surface area (Å²) in [6.45, 7) is 3.01. The number of hydrogen-bond donors (Lipinski definition) is 0. The van der Waals surface area contributed by atoms with Crippen LogP contribution in [0, 0.1) is 0 Å². The molecule has 20 heavy (non-hydrogen) atoms. The number of ether oxygens (including phenoxy) is 3. The minimum atomic E-state index is -1.26. The van der Waals surface area contributed by atoms with E-state index in [4.69, 9.17) is 14.2 Å². The monoisotopic (exact) mass is 354 g/mol. The number of aldehydes is 1. The van der Waals surface area contributed by atoms with E-state index in [0.717, 1.165) is 20.8 Å². The molecule has 0 saturated carbocycles. The maximum Gasteiger partial charge on any atom is 0.303 e. The van der Waals surface area contributed by atoms with E-state index < -0.39 is 36.2 Å². The van der Waals surface area contributed by atoms with Gasteiger partial charge in [0.15, 0.2) is 24.6 Å². The zero-order valence-corrected chi connectivity index (χ0v) is 12.7. The Morgan fingerprint density at radius 3 is 1.95 bits per heavy atom. The summed E-state index contributed by atoms with van der Waals surface area (Å²) in [5.41, 5.74) is 0. The molecule has 8 nitrogen and oxygen atoms in total.